The molecule has 4 aliphatic heterocycles. The van der Waals surface area contributed by atoms with Crippen LogP contribution in [0.4, 0.5) is 14.6 Å². The van der Waals surface area contributed by atoms with Gasteiger partial charge in [0.15, 0.2) is 5.82 Å². The first-order chi connectivity index (χ1) is 20.4. The SMILES string of the molecule is Oc1cc(-c2ncc3c(N4C[C@H]5CC[C@@H](C4)N5)nc(OC[C@@]45CCCN4C[C@H](F)C5)nc3c2F)c2c(c1)C1CC1CC2. The fraction of sp³-hybridized carbons (Fsp3) is 0.594. The fourth-order valence-electron chi connectivity index (χ4n) is 8.91. The third kappa shape index (κ3) is 3.93. The van der Waals surface area contributed by atoms with Gasteiger partial charge in [-0.1, -0.05) is 0 Å². The van der Waals surface area contributed by atoms with Crippen LogP contribution < -0.4 is 15.0 Å². The molecule has 42 heavy (non-hydrogen) atoms. The number of pyridine rings is 1. The molecule has 2 N–H and O–H groups in total. The smallest absolute Gasteiger partial charge is 0.319 e. The van der Waals surface area contributed by atoms with Crippen LogP contribution in [0.5, 0.6) is 11.8 Å². The van der Waals surface area contributed by atoms with E-state index in [1.807, 2.05) is 6.07 Å². The van der Waals surface area contributed by atoms with Crippen molar-refractivity contribution in [2.45, 2.75) is 81.1 Å². The highest BCUT2D eigenvalue weighted by molar-refractivity contribution is 5.92. The second-order valence-electron chi connectivity index (χ2n) is 13.6. The summed E-state index contributed by atoms with van der Waals surface area (Å²) >= 11 is 0. The largest absolute Gasteiger partial charge is 0.508 e. The molecule has 2 aliphatic carbocycles. The van der Waals surface area contributed by atoms with Gasteiger partial charge in [0.1, 0.15) is 35.6 Å². The van der Waals surface area contributed by atoms with Gasteiger partial charge in [0.2, 0.25) is 0 Å². The van der Waals surface area contributed by atoms with Crippen molar-refractivity contribution in [3.05, 3.63) is 35.3 Å². The van der Waals surface area contributed by atoms with Crippen molar-refractivity contribution in [1.29, 1.82) is 0 Å². The van der Waals surface area contributed by atoms with Gasteiger partial charge >= 0.3 is 6.01 Å². The van der Waals surface area contributed by atoms with Crippen LogP contribution in [-0.4, -0.2) is 81.5 Å². The zero-order valence-electron chi connectivity index (χ0n) is 23.7. The number of phenols is 1. The molecule has 3 aromatic rings. The number of ether oxygens (including phenoxy) is 1. The molecule has 1 aromatic carbocycles. The molecule has 4 saturated heterocycles. The van der Waals surface area contributed by atoms with Crippen molar-refractivity contribution < 1.29 is 18.6 Å². The van der Waals surface area contributed by atoms with E-state index < -0.39 is 12.0 Å². The van der Waals surface area contributed by atoms with E-state index in [1.54, 1.807) is 12.3 Å². The van der Waals surface area contributed by atoms with E-state index in [2.05, 4.69) is 25.1 Å². The Bertz CT molecular complexity index is 1590. The van der Waals surface area contributed by atoms with Crippen LogP contribution in [-0.2, 0) is 6.42 Å². The van der Waals surface area contributed by atoms with Gasteiger partial charge in [-0.3, -0.25) is 9.88 Å². The zero-order chi connectivity index (χ0) is 28.2. The van der Waals surface area contributed by atoms with E-state index in [1.165, 1.54) is 0 Å². The highest BCUT2D eigenvalue weighted by atomic mass is 19.1. The van der Waals surface area contributed by atoms with Crippen LogP contribution in [0.3, 0.4) is 0 Å². The third-order valence-electron chi connectivity index (χ3n) is 11.0. The molecule has 10 heteroatoms. The van der Waals surface area contributed by atoms with Gasteiger partial charge in [-0.15, -0.1) is 0 Å². The van der Waals surface area contributed by atoms with Gasteiger partial charge in [-0.2, -0.15) is 9.97 Å². The number of aromatic nitrogens is 3. The van der Waals surface area contributed by atoms with Crippen molar-refractivity contribution in [1.82, 2.24) is 25.2 Å². The Balaban J connectivity index is 1.15. The van der Waals surface area contributed by atoms with Gasteiger partial charge < -0.3 is 20.1 Å². The lowest BCUT2D eigenvalue weighted by molar-refractivity contribution is 0.107. The number of halogens is 2. The van der Waals surface area contributed by atoms with E-state index in [0.29, 0.717) is 53.7 Å². The van der Waals surface area contributed by atoms with Gasteiger partial charge in [0, 0.05) is 49.9 Å². The maximum Gasteiger partial charge on any atom is 0.319 e. The van der Waals surface area contributed by atoms with E-state index >= 15 is 4.39 Å². The number of rotatable bonds is 5. The standard InChI is InChI=1S/C32H36F2N6O2/c33-18-11-32(6-1-7-40(32)13-18)16-42-31-37-29-26(30(38-31)39-14-19-3-4-20(15-39)36-19)12-35-28(27(29)34)25-10-21(41)9-24-22(25)5-2-17-8-23(17)24/h9-10,12,17-20,23,36,41H,1-8,11,13-16H2/t17?,18-,19-,20+,23?,32+/m1/s1. The summed E-state index contributed by atoms with van der Waals surface area (Å²) < 4.78 is 37.4. The molecule has 220 valence electrons. The first kappa shape index (κ1) is 25.4. The van der Waals surface area contributed by atoms with Crippen molar-refractivity contribution in [3.63, 3.8) is 0 Å². The highest BCUT2D eigenvalue weighted by Gasteiger charge is 2.49. The fourth-order valence-corrected chi connectivity index (χ4v) is 8.91. The predicted molar refractivity (Wildman–Crippen MR) is 154 cm³/mol. The van der Waals surface area contributed by atoms with Crippen molar-refractivity contribution >= 4 is 16.7 Å². The number of aromatic hydroxyl groups is 1. The molecule has 6 heterocycles. The quantitative estimate of drug-likeness (QED) is 0.462. The minimum Gasteiger partial charge on any atom is -0.508 e. The first-order valence-corrected chi connectivity index (χ1v) is 15.7. The predicted octanol–water partition coefficient (Wildman–Crippen LogP) is 4.48. The lowest BCUT2D eigenvalue weighted by atomic mass is 9.86. The van der Waals surface area contributed by atoms with Crippen molar-refractivity contribution in [2.24, 2.45) is 5.92 Å². The van der Waals surface area contributed by atoms with Crippen LogP contribution in [0.1, 0.15) is 62.0 Å². The van der Waals surface area contributed by atoms with Crippen LogP contribution in [0.2, 0.25) is 0 Å². The molecule has 2 unspecified atom stereocenters. The summed E-state index contributed by atoms with van der Waals surface area (Å²) in [5, 5.41) is 14.8. The van der Waals surface area contributed by atoms with Crippen LogP contribution >= 0.6 is 0 Å². The molecule has 0 radical (unpaired) electrons. The van der Waals surface area contributed by atoms with Gasteiger partial charge in [-0.05, 0) is 86.6 Å². The Kier molecular flexibility index (Phi) is 5.56. The number of fused-ring (bicyclic) bond motifs is 7. The monoisotopic (exact) mass is 574 g/mol. The molecule has 9 rings (SSSR count). The summed E-state index contributed by atoms with van der Waals surface area (Å²) in [5.74, 6) is 1.39. The Labute approximate surface area is 243 Å². The van der Waals surface area contributed by atoms with Gasteiger partial charge in [-0.25, -0.2) is 8.78 Å². The number of anilines is 1. The van der Waals surface area contributed by atoms with Crippen LogP contribution in [0.15, 0.2) is 18.3 Å². The second-order valence-corrected chi connectivity index (χ2v) is 13.6. The second kappa shape index (κ2) is 9.19. The molecule has 6 aliphatic rings. The number of piperazine rings is 1. The van der Waals surface area contributed by atoms with Gasteiger partial charge in [0.25, 0.3) is 0 Å². The molecule has 5 fully saturated rings. The Hall–Kier alpha value is -3.11. The summed E-state index contributed by atoms with van der Waals surface area (Å²) in [6, 6.07) is 4.36. The Morgan fingerprint density at radius 3 is 2.83 bits per heavy atom. The Morgan fingerprint density at radius 1 is 1.12 bits per heavy atom. The zero-order valence-corrected chi connectivity index (χ0v) is 23.7. The highest BCUT2D eigenvalue weighted by Crippen LogP contribution is 2.56. The molecule has 0 amide bonds. The molecule has 0 spiro atoms. The van der Waals surface area contributed by atoms with Crippen LogP contribution in [0.25, 0.3) is 22.2 Å². The maximum atomic E-state index is 16.7. The summed E-state index contributed by atoms with van der Waals surface area (Å²) in [4.78, 5) is 18.6. The summed E-state index contributed by atoms with van der Waals surface area (Å²) in [5.41, 5.74) is 2.91. The van der Waals surface area contributed by atoms with E-state index in [0.717, 1.165) is 75.7 Å². The normalized spacial score (nSPS) is 33.1. The topological polar surface area (TPSA) is 86.6 Å². The van der Waals surface area contributed by atoms with Gasteiger partial charge in [0.05, 0.1) is 10.9 Å². The molecule has 6 atom stereocenters. The van der Waals surface area contributed by atoms with E-state index in [9.17, 15) is 9.50 Å². The lowest BCUT2D eigenvalue weighted by Gasteiger charge is -2.34. The number of hydrogen-bond acceptors (Lipinski definition) is 8. The average Bonchev–Trinajstić information content (AvgIpc) is 3.45. The summed E-state index contributed by atoms with van der Waals surface area (Å²) in [6.07, 6.45) is 8.46. The number of nitrogens with zero attached hydrogens (tertiary/aromatic N) is 5. The molecule has 8 nitrogen and oxygen atoms in total. The first-order valence-electron chi connectivity index (χ1n) is 15.7. The summed E-state index contributed by atoms with van der Waals surface area (Å²) in [7, 11) is 0. The average molecular weight is 575 g/mol. The molecular formula is C32H36F2N6O2. The number of hydrogen-bond donors (Lipinski definition) is 2. The molecular weight excluding hydrogens is 538 g/mol. The molecule has 2 aromatic heterocycles. The van der Waals surface area contributed by atoms with E-state index in [-0.39, 0.29) is 35.1 Å². The van der Waals surface area contributed by atoms with Crippen molar-refractivity contribution in [2.75, 3.05) is 37.7 Å². The van der Waals surface area contributed by atoms with Crippen molar-refractivity contribution in [3.8, 4) is 23.0 Å². The van der Waals surface area contributed by atoms with Crippen LogP contribution in [0, 0.1) is 11.7 Å². The summed E-state index contributed by atoms with van der Waals surface area (Å²) in [6.45, 7) is 3.14. The molecule has 1 saturated carbocycles. The minimum atomic E-state index is -0.858. The minimum absolute atomic E-state index is 0.127. The number of benzene rings is 1. The number of phenolic OH excluding ortho intramolecular Hbond substituents is 1. The number of nitrogens with one attached hydrogen (secondary N) is 1. The van der Waals surface area contributed by atoms with E-state index in [4.69, 9.17) is 9.72 Å². The Morgan fingerprint density at radius 2 is 1.98 bits per heavy atom. The molecule has 2 bridgehead atoms. The number of alkyl halides is 1. The maximum absolute atomic E-state index is 16.7. The third-order valence-corrected chi connectivity index (χ3v) is 11.0. The lowest BCUT2D eigenvalue weighted by Crippen LogP contribution is -2.51.